The predicted octanol–water partition coefficient (Wildman–Crippen LogP) is 5.11. The van der Waals surface area contributed by atoms with E-state index >= 15 is 0 Å². The van der Waals surface area contributed by atoms with Crippen LogP contribution in [0.1, 0.15) is 36.8 Å². The van der Waals surface area contributed by atoms with Gasteiger partial charge in [0.2, 0.25) is 0 Å². The Morgan fingerprint density at radius 3 is 1.29 bits per heavy atom. The van der Waals surface area contributed by atoms with Crippen LogP contribution in [0.3, 0.4) is 0 Å². The quantitative estimate of drug-likeness (QED) is 0.666. The highest BCUT2D eigenvalue weighted by atomic mass is 79.9. The number of rotatable bonds is 2. The summed E-state index contributed by atoms with van der Waals surface area (Å²) >= 11 is 6.91. The topological polar surface area (TPSA) is 40.5 Å². The average molecular weight is 452 g/mol. The van der Waals surface area contributed by atoms with E-state index in [-0.39, 0.29) is 11.8 Å². The molecule has 2 aromatic rings. The van der Waals surface area contributed by atoms with Gasteiger partial charge in [-0.1, -0.05) is 56.1 Å². The summed E-state index contributed by atoms with van der Waals surface area (Å²) in [5.41, 5.74) is 0.285. The Labute approximate surface area is 159 Å². The smallest absolute Gasteiger partial charge is 0.0929 e. The number of benzene rings is 2. The summed E-state index contributed by atoms with van der Waals surface area (Å²) in [5, 5.41) is 22.8. The van der Waals surface area contributed by atoms with Crippen molar-refractivity contribution in [2.24, 2.45) is 11.8 Å². The fourth-order valence-corrected chi connectivity index (χ4v) is 5.22. The molecule has 0 saturated heterocycles. The van der Waals surface area contributed by atoms with Crippen molar-refractivity contribution in [2.75, 3.05) is 0 Å². The molecule has 0 spiro atoms. The van der Waals surface area contributed by atoms with E-state index in [2.05, 4.69) is 31.9 Å². The van der Waals surface area contributed by atoms with Gasteiger partial charge in [0, 0.05) is 8.95 Å². The molecule has 2 bridgehead atoms. The SMILES string of the molecule is OC1(c2ccc(Br)cc2)CC2CCC1CC2(O)c1ccc(Br)cc1. The Morgan fingerprint density at radius 1 is 0.667 bits per heavy atom. The third kappa shape index (κ3) is 2.59. The van der Waals surface area contributed by atoms with E-state index in [9.17, 15) is 10.2 Å². The number of hydrogen-bond donors (Lipinski definition) is 2. The van der Waals surface area contributed by atoms with E-state index in [0.29, 0.717) is 12.8 Å². The first-order valence-electron chi connectivity index (χ1n) is 8.39. The maximum Gasteiger partial charge on any atom is 0.0929 e. The van der Waals surface area contributed by atoms with Crippen LogP contribution in [0.15, 0.2) is 57.5 Å². The summed E-state index contributed by atoms with van der Waals surface area (Å²) in [7, 11) is 0. The highest BCUT2D eigenvalue weighted by molar-refractivity contribution is 9.10. The normalized spacial score (nSPS) is 35.2. The molecule has 4 heteroatoms. The Hall–Kier alpha value is -0.680. The molecule has 2 nitrogen and oxygen atoms in total. The summed E-state index contributed by atoms with van der Waals surface area (Å²) in [5.74, 6) is 0.162. The molecule has 0 heterocycles. The molecule has 5 rings (SSSR count). The van der Waals surface area contributed by atoms with Crippen LogP contribution in [0.5, 0.6) is 0 Å². The van der Waals surface area contributed by atoms with Crippen LogP contribution in [-0.4, -0.2) is 10.2 Å². The fourth-order valence-electron chi connectivity index (χ4n) is 4.69. The van der Waals surface area contributed by atoms with Gasteiger partial charge in [0.1, 0.15) is 0 Å². The molecule has 24 heavy (non-hydrogen) atoms. The molecular weight excluding hydrogens is 432 g/mol. The average Bonchev–Trinajstić information content (AvgIpc) is 2.57. The van der Waals surface area contributed by atoms with Crippen molar-refractivity contribution in [3.63, 3.8) is 0 Å². The second-order valence-corrected chi connectivity index (χ2v) is 9.07. The van der Waals surface area contributed by atoms with Crippen LogP contribution in [0.2, 0.25) is 0 Å². The van der Waals surface area contributed by atoms with Crippen molar-refractivity contribution >= 4 is 31.9 Å². The van der Waals surface area contributed by atoms with E-state index in [1.54, 1.807) is 0 Å². The van der Waals surface area contributed by atoms with Gasteiger partial charge in [-0.15, -0.1) is 0 Å². The summed E-state index contributed by atoms with van der Waals surface area (Å²) in [6.07, 6.45) is 3.17. The highest BCUT2D eigenvalue weighted by Gasteiger charge is 2.57. The molecule has 3 aliphatic carbocycles. The number of hydrogen-bond acceptors (Lipinski definition) is 2. The summed E-state index contributed by atoms with van der Waals surface area (Å²) in [4.78, 5) is 0. The lowest BCUT2D eigenvalue weighted by Crippen LogP contribution is -2.55. The zero-order valence-electron chi connectivity index (χ0n) is 13.3. The lowest BCUT2D eigenvalue weighted by Gasteiger charge is -2.56. The molecule has 2 N–H and O–H groups in total. The maximum absolute atomic E-state index is 11.4. The van der Waals surface area contributed by atoms with Crippen molar-refractivity contribution in [1.82, 2.24) is 0 Å². The van der Waals surface area contributed by atoms with Crippen LogP contribution >= 0.6 is 31.9 Å². The number of fused-ring (bicyclic) bond motifs is 3. The van der Waals surface area contributed by atoms with Gasteiger partial charge in [-0.25, -0.2) is 0 Å². The van der Waals surface area contributed by atoms with E-state index in [1.165, 1.54) is 0 Å². The highest BCUT2D eigenvalue weighted by Crippen LogP contribution is 2.59. The monoisotopic (exact) mass is 450 g/mol. The van der Waals surface area contributed by atoms with Crippen molar-refractivity contribution in [3.05, 3.63) is 68.6 Å². The van der Waals surface area contributed by atoms with Crippen molar-refractivity contribution in [3.8, 4) is 0 Å². The standard InChI is InChI=1S/C20H20Br2O2/c21-17-7-3-13(4-8-17)19(23)12-16-2-1-15(19)11-20(16,24)14-5-9-18(22)10-6-14/h3-10,15-16,23-24H,1-2,11-12H2. The first-order valence-corrected chi connectivity index (χ1v) is 9.97. The minimum Gasteiger partial charge on any atom is -0.385 e. The molecule has 0 aromatic heterocycles. The van der Waals surface area contributed by atoms with Crippen LogP contribution < -0.4 is 0 Å². The zero-order valence-corrected chi connectivity index (χ0v) is 16.4. The van der Waals surface area contributed by atoms with Crippen LogP contribution in [-0.2, 0) is 11.2 Å². The Bertz CT molecular complexity index is 678. The Kier molecular flexibility index (Phi) is 4.15. The van der Waals surface area contributed by atoms with E-state index in [0.717, 1.165) is 32.9 Å². The number of halogens is 2. The molecule has 0 aliphatic heterocycles. The van der Waals surface area contributed by atoms with Crippen molar-refractivity contribution in [2.45, 2.75) is 36.9 Å². The van der Waals surface area contributed by atoms with Crippen LogP contribution in [0.25, 0.3) is 0 Å². The first-order chi connectivity index (χ1) is 11.4. The molecular formula is C20H20Br2O2. The summed E-state index contributed by atoms with van der Waals surface area (Å²) in [6.45, 7) is 0. The Morgan fingerprint density at radius 2 is 1.00 bits per heavy atom. The van der Waals surface area contributed by atoms with E-state index in [4.69, 9.17) is 0 Å². The molecule has 3 aliphatic rings. The van der Waals surface area contributed by atoms with Gasteiger partial charge < -0.3 is 10.2 Å². The molecule has 2 aromatic carbocycles. The molecule has 4 atom stereocenters. The van der Waals surface area contributed by atoms with Crippen LogP contribution in [0, 0.1) is 11.8 Å². The lowest BCUT2D eigenvalue weighted by atomic mass is 9.53. The first kappa shape index (κ1) is 16.8. The summed E-state index contributed by atoms with van der Waals surface area (Å²) < 4.78 is 2.03. The second kappa shape index (κ2) is 5.94. The molecule has 126 valence electrons. The zero-order chi connectivity index (χ0) is 16.9. The predicted molar refractivity (Wildman–Crippen MR) is 102 cm³/mol. The van der Waals surface area contributed by atoms with Gasteiger partial charge in [-0.3, -0.25) is 0 Å². The van der Waals surface area contributed by atoms with E-state index in [1.807, 2.05) is 48.5 Å². The van der Waals surface area contributed by atoms with Gasteiger partial charge in [0.15, 0.2) is 0 Å². The minimum atomic E-state index is -0.828. The number of aliphatic hydroxyl groups is 2. The minimum absolute atomic E-state index is 0.0809. The molecule has 4 unspecified atom stereocenters. The third-order valence-corrected chi connectivity index (χ3v) is 7.08. The second-order valence-electron chi connectivity index (χ2n) is 7.24. The van der Waals surface area contributed by atoms with Gasteiger partial charge in [-0.05, 0) is 72.9 Å². The van der Waals surface area contributed by atoms with Gasteiger partial charge >= 0.3 is 0 Å². The van der Waals surface area contributed by atoms with Crippen molar-refractivity contribution < 1.29 is 10.2 Å². The largest absolute Gasteiger partial charge is 0.385 e. The molecule has 0 amide bonds. The lowest BCUT2D eigenvalue weighted by molar-refractivity contribution is -0.197. The maximum atomic E-state index is 11.4. The van der Waals surface area contributed by atoms with Crippen LogP contribution in [0.4, 0.5) is 0 Å². The Balaban J connectivity index is 1.68. The van der Waals surface area contributed by atoms with Gasteiger partial charge in [0.05, 0.1) is 11.2 Å². The van der Waals surface area contributed by atoms with Crippen molar-refractivity contribution in [1.29, 1.82) is 0 Å². The van der Waals surface area contributed by atoms with Gasteiger partial charge in [0.25, 0.3) is 0 Å². The summed E-state index contributed by atoms with van der Waals surface area (Å²) in [6, 6.07) is 15.9. The van der Waals surface area contributed by atoms with E-state index < -0.39 is 11.2 Å². The third-order valence-electron chi connectivity index (χ3n) is 6.02. The fraction of sp³-hybridized carbons (Fsp3) is 0.400. The van der Waals surface area contributed by atoms with Gasteiger partial charge in [-0.2, -0.15) is 0 Å². The molecule has 0 radical (unpaired) electrons. The molecule has 3 saturated carbocycles. The molecule has 3 fully saturated rings.